The fourth-order valence-corrected chi connectivity index (χ4v) is 4.10. The largest absolute Gasteiger partial charge is 0.481 e. The van der Waals surface area contributed by atoms with E-state index in [0.717, 1.165) is 18.7 Å². The number of aliphatic imine (C=N–C) groups is 1. The molecule has 4 heteroatoms. The quantitative estimate of drug-likeness (QED) is 0.705. The molecule has 0 N–H and O–H groups in total. The number of aryl methyl sites for hydroxylation is 1. The molecule has 4 nitrogen and oxygen atoms in total. The lowest BCUT2D eigenvalue weighted by Crippen LogP contribution is -2.48. The minimum atomic E-state index is 0.192. The second-order valence-corrected chi connectivity index (χ2v) is 7.75. The van der Waals surface area contributed by atoms with Gasteiger partial charge in [0.25, 0.3) is 0 Å². The number of ether oxygens (including phenoxy) is 1. The molecule has 138 valence electrons. The van der Waals surface area contributed by atoms with Crippen molar-refractivity contribution in [2.75, 3.05) is 18.6 Å². The van der Waals surface area contributed by atoms with Crippen molar-refractivity contribution in [3.05, 3.63) is 47.2 Å². The molecule has 0 spiro atoms. The van der Waals surface area contributed by atoms with Gasteiger partial charge in [0.15, 0.2) is 0 Å². The third kappa shape index (κ3) is 3.46. The maximum absolute atomic E-state index is 5.09. The zero-order valence-corrected chi connectivity index (χ0v) is 16.7. The first kappa shape index (κ1) is 18.4. The van der Waals surface area contributed by atoms with E-state index in [4.69, 9.17) is 4.74 Å². The Bertz CT molecular complexity index is 809. The predicted molar refractivity (Wildman–Crippen MR) is 109 cm³/mol. The van der Waals surface area contributed by atoms with Gasteiger partial charge in [0, 0.05) is 30.1 Å². The molecule has 1 atom stereocenters. The maximum Gasteiger partial charge on any atom is 0.213 e. The van der Waals surface area contributed by atoms with Crippen LogP contribution in [-0.2, 0) is 0 Å². The van der Waals surface area contributed by atoms with E-state index < -0.39 is 0 Å². The lowest BCUT2D eigenvalue weighted by Gasteiger charge is -2.47. The number of methoxy groups -OCH3 is 1. The zero-order chi connectivity index (χ0) is 18.9. The number of nitrogens with zero attached hydrogens (tertiary/aromatic N) is 3. The molecular weight excluding hydrogens is 322 g/mol. The fraction of sp³-hybridized carbons (Fsp3) is 0.455. The summed E-state index contributed by atoms with van der Waals surface area (Å²) >= 11 is 0. The minimum Gasteiger partial charge on any atom is -0.481 e. The number of aromatic nitrogens is 1. The van der Waals surface area contributed by atoms with Gasteiger partial charge in [0.05, 0.1) is 19.0 Å². The predicted octanol–water partition coefficient (Wildman–Crippen LogP) is 5.26. The summed E-state index contributed by atoms with van der Waals surface area (Å²) < 4.78 is 5.09. The molecular formula is C22H29N3O. The van der Waals surface area contributed by atoms with E-state index in [2.05, 4.69) is 61.6 Å². The molecule has 0 aliphatic carbocycles. The SMILES string of the molecule is CCN1c2cc(C)c(C=Nc3ccc(OC)nc3)cc2[C@@H](C)CC1(C)C. The Morgan fingerprint density at radius 2 is 2.12 bits per heavy atom. The molecule has 0 radical (unpaired) electrons. The topological polar surface area (TPSA) is 37.7 Å². The van der Waals surface area contributed by atoms with Crippen LogP contribution >= 0.6 is 0 Å². The second kappa shape index (κ2) is 7.10. The van der Waals surface area contributed by atoms with E-state index in [9.17, 15) is 0 Å². The Hall–Kier alpha value is -2.36. The van der Waals surface area contributed by atoms with Gasteiger partial charge in [-0.05, 0) is 74.9 Å². The van der Waals surface area contributed by atoms with Gasteiger partial charge >= 0.3 is 0 Å². The molecule has 0 bridgehead atoms. The summed E-state index contributed by atoms with van der Waals surface area (Å²) in [6.45, 7) is 12.4. The molecule has 1 aromatic heterocycles. The summed E-state index contributed by atoms with van der Waals surface area (Å²) in [5.41, 5.74) is 6.23. The summed E-state index contributed by atoms with van der Waals surface area (Å²) in [5.74, 6) is 1.14. The molecule has 26 heavy (non-hydrogen) atoms. The van der Waals surface area contributed by atoms with E-state index in [1.54, 1.807) is 13.3 Å². The normalized spacial score (nSPS) is 18.8. The second-order valence-electron chi connectivity index (χ2n) is 7.75. The van der Waals surface area contributed by atoms with Crippen LogP contribution in [0.2, 0.25) is 0 Å². The third-order valence-corrected chi connectivity index (χ3v) is 5.37. The Labute approximate surface area is 156 Å². The van der Waals surface area contributed by atoms with Gasteiger partial charge in [-0.15, -0.1) is 0 Å². The lowest BCUT2D eigenvalue weighted by molar-refractivity contribution is 0.381. The number of benzene rings is 1. The van der Waals surface area contributed by atoms with E-state index in [1.165, 1.54) is 22.4 Å². The summed E-state index contributed by atoms with van der Waals surface area (Å²) in [7, 11) is 1.61. The average molecular weight is 351 g/mol. The van der Waals surface area contributed by atoms with Crippen LogP contribution in [0.4, 0.5) is 11.4 Å². The van der Waals surface area contributed by atoms with Gasteiger partial charge in [-0.3, -0.25) is 4.99 Å². The van der Waals surface area contributed by atoms with Gasteiger partial charge in [-0.2, -0.15) is 0 Å². The van der Waals surface area contributed by atoms with Crippen molar-refractivity contribution in [3.8, 4) is 5.88 Å². The summed E-state index contributed by atoms with van der Waals surface area (Å²) in [5, 5.41) is 0. The standard InChI is InChI=1S/C22H29N3O/c1-7-25-20-10-15(2)17(11-19(20)16(3)12-22(25,4)5)13-23-18-8-9-21(26-6)24-14-18/h8-11,13-14,16H,7,12H2,1-6H3/t16-/m0/s1. The lowest BCUT2D eigenvalue weighted by atomic mass is 9.79. The van der Waals surface area contributed by atoms with Gasteiger partial charge in [-0.25, -0.2) is 4.98 Å². The molecule has 1 aliphatic heterocycles. The Kier molecular flexibility index (Phi) is 5.03. The maximum atomic E-state index is 5.09. The molecule has 0 saturated heterocycles. The first-order valence-corrected chi connectivity index (χ1v) is 9.32. The molecule has 3 rings (SSSR count). The summed E-state index contributed by atoms with van der Waals surface area (Å²) in [4.78, 5) is 11.3. The first-order chi connectivity index (χ1) is 12.4. The summed E-state index contributed by atoms with van der Waals surface area (Å²) in [6.07, 6.45) is 4.84. The highest BCUT2D eigenvalue weighted by atomic mass is 16.5. The van der Waals surface area contributed by atoms with Gasteiger partial charge < -0.3 is 9.64 Å². The first-order valence-electron chi connectivity index (χ1n) is 9.32. The van der Waals surface area contributed by atoms with Crippen molar-refractivity contribution in [3.63, 3.8) is 0 Å². The zero-order valence-electron chi connectivity index (χ0n) is 16.7. The monoisotopic (exact) mass is 351 g/mol. The van der Waals surface area contributed by atoms with Crippen LogP contribution < -0.4 is 9.64 Å². The van der Waals surface area contributed by atoms with Gasteiger partial charge in [0.1, 0.15) is 0 Å². The molecule has 2 aromatic rings. The molecule has 0 unspecified atom stereocenters. The van der Waals surface area contributed by atoms with Gasteiger partial charge in [-0.1, -0.05) is 6.92 Å². The van der Waals surface area contributed by atoms with Crippen LogP contribution in [0.25, 0.3) is 0 Å². The van der Waals surface area contributed by atoms with Gasteiger partial charge in [0.2, 0.25) is 5.88 Å². The van der Waals surface area contributed by atoms with E-state index in [-0.39, 0.29) is 5.54 Å². The van der Waals surface area contributed by atoms with Crippen LogP contribution in [0.5, 0.6) is 5.88 Å². The van der Waals surface area contributed by atoms with Crippen molar-refractivity contribution >= 4 is 17.6 Å². The number of rotatable bonds is 4. The van der Waals surface area contributed by atoms with E-state index >= 15 is 0 Å². The van der Waals surface area contributed by atoms with Crippen molar-refractivity contribution in [2.45, 2.75) is 52.5 Å². The molecule has 0 amide bonds. The highest BCUT2D eigenvalue weighted by Gasteiger charge is 2.35. The number of hydrogen-bond donors (Lipinski definition) is 0. The number of hydrogen-bond acceptors (Lipinski definition) is 4. The molecule has 1 aliphatic rings. The smallest absolute Gasteiger partial charge is 0.213 e. The average Bonchev–Trinajstić information content (AvgIpc) is 2.60. The molecule has 0 saturated carbocycles. The minimum absolute atomic E-state index is 0.192. The summed E-state index contributed by atoms with van der Waals surface area (Å²) in [6, 6.07) is 8.38. The van der Waals surface area contributed by atoms with E-state index in [0.29, 0.717) is 11.8 Å². The van der Waals surface area contributed by atoms with Crippen LogP contribution in [0.1, 0.15) is 56.7 Å². The van der Waals surface area contributed by atoms with Crippen LogP contribution in [0.3, 0.4) is 0 Å². The van der Waals surface area contributed by atoms with Crippen LogP contribution in [0.15, 0.2) is 35.5 Å². The number of anilines is 1. The highest BCUT2D eigenvalue weighted by Crippen LogP contribution is 2.44. The van der Waals surface area contributed by atoms with Crippen LogP contribution in [-0.4, -0.2) is 30.4 Å². The van der Waals surface area contributed by atoms with Crippen molar-refractivity contribution < 1.29 is 4.74 Å². The number of fused-ring (bicyclic) bond motifs is 1. The third-order valence-electron chi connectivity index (χ3n) is 5.37. The Morgan fingerprint density at radius 1 is 1.35 bits per heavy atom. The van der Waals surface area contributed by atoms with Crippen molar-refractivity contribution in [1.82, 2.24) is 4.98 Å². The van der Waals surface area contributed by atoms with Crippen LogP contribution in [0, 0.1) is 6.92 Å². The Morgan fingerprint density at radius 3 is 2.73 bits per heavy atom. The van der Waals surface area contributed by atoms with Crippen molar-refractivity contribution in [2.24, 2.45) is 4.99 Å². The molecule has 1 aromatic carbocycles. The molecule has 0 fully saturated rings. The fourth-order valence-electron chi connectivity index (χ4n) is 4.10. The highest BCUT2D eigenvalue weighted by molar-refractivity contribution is 5.85. The Balaban J connectivity index is 1.95. The number of pyridine rings is 1. The van der Waals surface area contributed by atoms with E-state index in [1.807, 2.05) is 18.3 Å². The molecule has 2 heterocycles. The van der Waals surface area contributed by atoms with Crippen molar-refractivity contribution in [1.29, 1.82) is 0 Å².